The van der Waals surface area contributed by atoms with E-state index < -0.39 is 12.1 Å². The van der Waals surface area contributed by atoms with E-state index in [-0.39, 0.29) is 11.8 Å². The number of rotatable bonds is 3. The minimum Gasteiger partial charge on any atom is -0.327 e. The highest BCUT2D eigenvalue weighted by molar-refractivity contribution is 7.98. The van der Waals surface area contributed by atoms with Crippen LogP contribution < -0.4 is 21.6 Å². The van der Waals surface area contributed by atoms with E-state index in [9.17, 15) is 9.59 Å². The van der Waals surface area contributed by atoms with Gasteiger partial charge in [-0.25, -0.2) is 5.43 Å². The normalized spacial score (nSPS) is 23.6. The predicted octanol–water partition coefficient (Wildman–Crippen LogP) is 0.400. The average Bonchev–Trinajstić information content (AvgIpc) is 2.92. The van der Waals surface area contributed by atoms with Crippen molar-refractivity contribution < 1.29 is 9.59 Å². The van der Waals surface area contributed by atoms with Crippen molar-refractivity contribution in [1.29, 1.82) is 0 Å². The lowest BCUT2D eigenvalue weighted by Gasteiger charge is -2.28. The fraction of sp³-hybridized carbons (Fsp3) is 0.286. The summed E-state index contributed by atoms with van der Waals surface area (Å²) in [4.78, 5) is 25.6. The lowest BCUT2D eigenvalue weighted by atomic mass is 10.1. The van der Waals surface area contributed by atoms with E-state index in [1.165, 1.54) is 0 Å². The summed E-state index contributed by atoms with van der Waals surface area (Å²) in [5.74, 6) is -0.472. The smallest absolute Gasteiger partial charge is 0.250 e. The van der Waals surface area contributed by atoms with Crippen LogP contribution in [0, 0.1) is 0 Å². The molecule has 2 aliphatic heterocycles. The molecule has 3 rings (SSSR count). The molecule has 1 aromatic rings. The largest absolute Gasteiger partial charge is 0.327 e. The molecule has 2 unspecified atom stereocenters. The summed E-state index contributed by atoms with van der Waals surface area (Å²) in [7, 11) is 0. The third-order valence-electron chi connectivity index (χ3n) is 3.53. The van der Waals surface area contributed by atoms with Crippen molar-refractivity contribution in [1.82, 2.24) is 21.3 Å². The van der Waals surface area contributed by atoms with Gasteiger partial charge in [0.15, 0.2) is 6.04 Å². The van der Waals surface area contributed by atoms with E-state index >= 15 is 0 Å². The van der Waals surface area contributed by atoms with E-state index in [0.29, 0.717) is 0 Å². The van der Waals surface area contributed by atoms with Crippen molar-refractivity contribution >= 4 is 29.3 Å². The molecule has 0 spiro atoms. The first-order chi connectivity index (χ1) is 10.6. The summed E-state index contributed by atoms with van der Waals surface area (Å²) < 4.78 is 0. The molecule has 1 fully saturated rings. The van der Waals surface area contributed by atoms with Gasteiger partial charge >= 0.3 is 0 Å². The van der Waals surface area contributed by atoms with Crippen molar-refractivity contribution in [3.63, 3.8) is 0 Å². The van der Waals surface area contributed by atoms with Gasteiger partial charge in [-0.2, -0.15) is 5.53 Å². The zero-order chi connectivity index (χ0) is 15.7. The first-order valence-electron chi connectivity index (χ1n) is 6.83. The van der Waals surface area contributed by atoms with E-state index in [2.05, 4.69) is 21.6 Å². The lowest BCUT2D eigenvalue weighted by Crippen LogP contribution is -2.54. The second-order valence-electron chi connectivity index (χ2n) is 5.08. The zero-order valence-electron chi connectivity index (χ0n) is 12.2. The topological polar surface area (TPSA) is 85.5 Å². The van der Waals surface area contributed by atoms with Crippen molar-refractivity contribution in [3.8, 4) is 0 Å². The van der Waals surface area contributed by atoms with Gasteiger partial charge < -0.3 is 10.6 Å². The molecule has 8 heteroatoms. The highest BCUT2D eigenvalue weighted by Crippen LogP contribution is 2.25. The first kappa shape index (κ1) is 14.9. The monoisotopic (exact) mass is 319 g/mol. The molecule has 2 atom stereocenters. The first-order valence-corrected chi connectivity index (χ1v) is 8.05. The SMILES string of the molecule is CSc1ccccc1NC(=O)C1NNN2C=C(C)NC(=O)C12. The molecule has 2 amide bonds. The highest BCUT2D eigenvalue weighted by Gasteiger charge is 2.44. The van der Waals surface area contributed by atoms with Crippen LogP contribution in [0.25, 0.3) is 0 Å². The fourth-order valence-electron chi connectivity index (χ4n) is 2.52. The Labute approximate surface area is 132 Å². The molecule has 4 N–H and O–H groups in total. The number of hydrogen-bond donors (Lipinski definition) is 4. The molecule has 0 aromatic heterocycles. The van der Waals surface area contributed by atoms with Crippen LogP contribution in [-0.4, -0.2) is 35.2 Å². The van der Waals surface area contributed by atoms with Crippen molar-refractivity contribution in [3.05, 3.63) is 36.2 Å². The minimum absolute atomic E-state index is 0.212. The Balaban J connectivity index is 1.77. The van der Waals surface area contributed by atoms with Gasteiger partial charge in [-0.3, -0.25) is 14.6 Å². The number of nitrogens with one attached hydrogen (secondary N) is 4. The highest BCUT2D eigenvalue weighted by atomic mass is 32.2. The Morgan fingerprint density at radius 1 is 1.36 bits per heavy atom. The fourth-order valence-corrected chi connectivity index (χ4v) is 3.07. The van der Waals surface area contributed by atoms with E-state index in [0.717, 1.165) is 16.3 Å². The maximum absolute atomic E-state index is 12.5. The Bertz CT molecular complexity index is 648. The van der Waals surface area contributed by atoms with Crippen LogP contribution in [0.5, 0.6) is 0 Å². The quantitative estimate of drug-likeness (QED) is 0.604. The number of fused-ring (bicyclic) bond motifs is 1. The molecule has 0 bridgehead atoms. The summed E-state index contributed by atoms with van der Waals surface area (Å²) in [6, 6.07) is 6.26. The number of carbonyl (C=O) groups excluding carboxylic acids is 2. The number of thioether (sulfide) groups is 1. The Hall–Kier alpha value is -2.03. The number of allylic oxidation sites excluding steroid dienone is 1. The number of benzene rings is 1. The van der Waals surface area contributed by atoms with Gasteiger partial charge in [0.25, 0.3) is 5.91 Å². The van der Waals surface area contributed by atoms with Gasteiger partial charge in [0, 0.05) is 16.8 Å². The van der Waals surface area contributed by atoms with Crippen LogP contribution in [0.4, 0.5) is 5.69 Å². The third-order valence-corrected chi connectivity index (χ3v) is 4.33. The standard InChI is InChI=1S/C14H17N5O2S/c1-8-7-19-12(14(21)15-8)11(17-18-19)13(20)16-9-5-3-4-6-10(9)22-2/h3-7,11-12,17-18H,1-2H3,(H,15,21)(H,16,20). The van der Waals surface area contributed by atoms with Crippen LogP contribution >= 0.6 is 11.8 Å². The van der Waals surface area contributed by atoms with Gasteiger partial charge in [-0.15, -0.1) is 11.8 Å². The number of nitrogens with zero attached hydrogens (tertiary/aromatic N) is 1. The lowest BCUT2D eigenvalue weighted by molar-refractivity contribution is -0.129. The molecule has 0 saturated carbocycles. The Morgan fingerprint density at radius 3 is 2.91 bits per heavy atom. The van der Waals surface area contributed by atoms with Crippen LogP contribution in [0.3, 0.4) is 0 Å². The molecule has 0 aliphatic carbocycles. The van der Waals surface area contributed by atoms with Crippen molar-refractivity contribution in [2.75, 3.05) is 11.6 Å². The molecule has 2 heterocycles. The molecule has 7 nitrogen and oxygen atoms in total. The maximum Gasteiger partial charge on any atom is 0.250 e. The zero-order valence-corrected chi connectivity index (χ0v) is 13.0. The molecule has 2 aliphatic rings. The third kappa shape index (κ3) is 2.68. The van der Waals surface area contributed by atoms with Crippen LogP contribution in [0.2, 0.25) is 0 Å². The molecule has 116 valence electrons. The minimum atomic E-state index is -0.681. The number of anilines is 1. The summed E-state index contributed by atoms with van der Waals surface area (Å²) in [6.07, 6.45) is 3.70. The predicted molar refractivity (Wildman–Crippen MR) is 84.4 cm³/mol. The van der Waals surface area contributed by atoms with E-state index in [1.807, 2.05) is 30.5 Å². The number of para-hydroxylation sites is 1. The van der Waals surface area contributed by atoms with Gasteiger partial charge in [0.05, 0.1) is 5.69 Å². The average molecular weight is 319 g/mol. The van der Waals surface area contributed by atoms with E-state index in [4.69, 9.17) is 0 Å². The van der Waals surface area contributed by atoms with Crippen molar-refractivity contribution in [2.45, 2.75) is 23.9 Å². The summed E-state index contributed by atoms with van der Waals surface area (Å²) in [5.41, 5.74) is 7.17. The van der Waals surface area contributed by atoms with Gasteiger partial charge in [-0.05, 0) is 25.3 Å². The number of hydrazine groups is 2. The van der Waals surface area contributed by atoms with Gasteiger partial charge in [0.1, 0.15) is 6.04 Å². The molecular weight excluding hydrogens is 302 g/mol. The summed E-state index contributed by atoms with van der Waals surface area (Å²) in [5, 5.41) is 7.23. The van der Waals surface area contributed by atoms with Crippen LogP contribution in [0.15, 0.2) is 41.1 Å². The molecule has 1 saturated heterocycles. The van der Waals surface area contributed by atoms with Crippen LogP contribution in [0.1, 0.15) is 6.92 Å². The van der Waals surface area contributed by atoms with Crippen LogP contribution in [-0.2, 0) is 9.59 Å². The number of amides is 2. The second-order valence-corrected chi connectivity index (χ2v) is 5.92. The molecular formula is C14H17N5O2S. The van der Waals surface area contributed by atoms with E-state index in [1.54, 1.807) is 29.9 Å². The summed E-state index contributed by atoms with van der Waals surface area (Å²) >= 11 is 1.55. The van der Waals surface area contributed by atoms with Gasteiger partial charge in [0.2, 0.25) is 5.91 Å². The molecule has 22 heavy (non-hydrogen) atoms. The van der Waals surface area contributed by atoms with Crippen molar-refractivity contribution in [2.24, 2.45) is 0 Å². The summed E-state index contributed by atoms with van der Waals surface area (Å²) in [6.45, 7) is 1.79. The maximum atomic E-state index is 12.5. The Kier molecular flexibility index (Phi) is 4.06. The molecule has 1 aromatic carbocycles. The number of hydrogen-bond acceptors (Lipinski definition) is 6. The Morgan fingerprint density at radius 2 is 2.14 bits per heavy atom. The van der Waals surface area contributed by atoms with Gasteiger partial charge in [-0.1, -0.05) is 12.1 Å². The molecule has 0 radical (unpaired) electrons. The second kappa shape index (κ2) is 5.99. The number of carbonyl (C=O) groups is 2.